The van der Waals surface area contributed by atoms with Crippen molar-refractivity contribution < 1.29 is 9.84 Å². The molecule has 0 bridgehead atoms. The molecule has 5 aromatic rings. The van der Waals surface area contributed by atoms with Crippen molar-refractivity contribution in [1.82, 2.24) is 29.4 Å². The summed E-state index contributed by atoms with van der Waals surface area (Å²) in [5, 5.41) is 20.7. The molecule has 3 aromatic heterocycles. The number of rotatable bonds is 3. The second-order valence-electron chi connectivity index (χ2n) is 6.22. The Kier molecular flexibility index (Phi) is 4.04. The SMILES string of the molecule is COc1ccc(-c2nc3c4cnn(-c5ccc(Cl)c(Cl)c5)c4ncn3n2)c(O)c1. The zero-order valence-electron chi connectivity index (χ0n) is 14.9. The number of aromatic nitrogens is 6. The highest BCUT2D eigenvalue weighted by Crippen LogP contribution is 2.32. The van der Waals surface area contributed by atoms with Crippen molar-refractivity contribution in [3.8, 4) is 28.6 Å². The van der Waals surface area contributed by atoms with Gasteiger partial charge in [-0.1, -0.05) is 23.2 Å². The van der Waals surface area contributed by atoms with Crippen LogP contribution >= 0.6 is 23.2 Å². The summed E-state index contributed by atoms with van der Waals surface area (Å²) in [5.74, 6) is 0.930. The van der Waals surface area contributed by atoms with E-state index in [0.717, 1.165) is 5.69 Å². The van der Waals surface area contributed by atoms with E-state index in [0.29, 0.717) is 43.9 Å². The molecule has 5 rings (SSSR count). The van der Waals surface area contributed by atoms with Crippen LogP contribution in [0.3, 0.4) is 0 Å². The number of benzene rings is 2. The first-order valence-electron chi connectivity index (χ1n) is 8.47. The summed E-state index contributed by atoms with van der Waals surface area (Å²) in [6.45, 7) is 0. The molecule has 0 spiro atoms. The molecule has 10 heteroatoms. The maximum Gasteiger partial charge on any atom is 0.185 e. The quantitative estimate of drug-likeness (QED) is 0.465. The van der Waals surface area contributed by atoms with Crippen molar-refractivity contribution in [2.45, 2.75) is 0 Å². The number of hydrogen-bond acceptors (Lipinski definition) is 6. The van der Waals surface area contributed by atoms with Gasteiger partial charge in [0.1, 0.15) is 17.8 Å². The predicted molar refractivity (Wildman–Crippen MR) is 109 cm³/mol. The van der Waals surface area contributed by atoms with Gasteiger partial charge >= 0.3 is 0 Å². The lowest BCUT2D eigenvalue weighted by Crippen LogP contribution is -1.99. The van der Waals surface area contributed by atoms with E-state index in [1.54, 1.807) is 52.1 Å². The zero-order chi connectivity index (χ0) is 20.1. The third kappa shape index (κ3) is 2.84. The van der Waals surface area contributed by atoms with Crippen LogP contribution in [0.25, 0.3) is 33.8 Å². The van der Waals surface area contributed by atoms with Crippen LogP contribution in [0.5, 0.6) is 11.5 Å². The molecule has 0 radical (unpaired) electrons. The summed E-state index contributed by atoms with van der Waals surface area (Å²) in [7, 11) is 1.53. The number of methoxy groups -OCH3 is 1. The number of phenolic OH excluding ortho intramolecular Hbond substituents is 1. The number of nitrogens with zero attached hydrogens (tertiary/aromatic N) is 6. The Balaban J connectivity index is 1.66. The third-order valence-electron chi connectivity index (χ3n) is 4.50. The van der Waals surface area contributed by atoms with Gasteiger partial charge in [0.2, 0.25) is 0 Å². The summed E-state index contributed by atoms with van der Waals surface area (Å²) in [4.78, 5) is 9.03. The Hall–Kier alpha value is -3.36. The average Bonchev–Trinajstić information content (AvgIpc) is 3.33. The Morgan fingerprint density at radius 1 is 1.03 bits per heavy atom. The molecule has 1 N–H and O–H groups in total. The molecule has 0 saturated carbocycles. The predicted octanol–water partition coefficient (Wildman–Crippen LogP) is 4.15. The number of ether oxygens (including phenoxy) is 1. The fourth-order valence-corrected chi connectivity index (χ4v) is 3.36. The summed E-state index contributed by atoms with van der Waals surface area (Å²) in [6.07, 6.45) is 3.21. The smallest absolute Gasteiger partial charge is 0.185 e. The molecule has 0 saturated heterocycles. The molecule has 3 heterocycles. The van der Waals surface area contributed by atoms with Gasteiger partial charge in [0, 0.05) is 6.07 Å². The van der Waals surface area contributed by atoms with Crippen molar-refractivity contribution in [3.63, 3.8) is 0 Å². The third-order valence-corrected chi connectivity index (χ3v) is 5.24. The van der Waals surface area contributed by atoms with E-state index in [-0.39, 0.29) is 5.75 Å². The molecule has 0 atom stereocenters. The van der Waals surface area contributed by atoms with Crippen molar-refractivity contribution in [2.75, 3.05) is 7.11 Å². The topological polar surface area (TPSA) is 90.4 Å². The number of halogens is 2. The average molecular weight is 427 g/mol. The van der Waals surface area contributed by atoms with Crippen LogP contribution in [-0.2, 0) is 0 Å². The summed E-state index contributed by atoms with van der Waals surface area (Å²) in [5.41, 5.74) is 2.36. The van der Waals surface area contributed by atoms with E-state index < -0.39 is 0 Å². The minimum absolute atomic E-state index is 0.0240. The van der Waals surface area contributed by atoms with Crippen molar-refractivity contribution in [3.05, 3.63) is 59.0 Å². The van der Waals surface area contributed by atoms with Crippen molar-refractivity contribution in [2.24, 2.45) is 0 Å². The fraction of sp³-hybridized carbons (Fsp3) is 0.0526. The lowest BCUT2D eigenvalue weighted by atomic mass is 10.2. The van der Waals surface area contributed by atoms with Crippen molar-refractivity contribution >= 4 is 39.9 Å². The lowest BCUT2D eigenvalue weighted by Gasteiger charge is -2.04. The molecule has 0 unspecified atom stereocenters. The molecule has 0 aliphatic rings. The van der Waals surface area contributed by atoms with Gasteiger partial charge in [-0.2, -0.15) is 5.10 Å². The highest BCUT2D eigenvalue weighted by Gasteiger charge is 2.17. The fourth-order valence-electron chi connectivity index (χ4n) is 3.07. The van der Waals surface area contributed by atoms with E-state index >= 15 is 0 Å². The number of fused-ring (bicyclic) bond motifs is 3. The van der Waals surface area contributed by atoms with E-state index in [9.17, 15) is 5.11 Å². The van der Waals surface area contributed by atoms with Crippen LogP contribution in [0, 0.1) is 0 Å². The van der Waals surface area contributed by atoms with Gasteiger partial charge in [0.15, 0.2) is 17.1 Å². The van der Waals surface area contributed by atoms with Gasteiger partial charge in [0.05, 0.1) is 40.0 Å². The Morgan fingerprint density at radius 3 is 2.66 bits per heavy atom. The molecule has 0 aliphatic heterocycles. The molecular weight excluding hydrogens is 415 g/mol. The highest BCUT2D eigenvalue weighted by atomic mass is 35.5. The Bertz CT molecular complexity index is 1390. The number of aromatic hydroxyl groups is 1. The molecule has 0 aliphatic carbocycles. The lowest BCUT2D eigenvalue weighted by molar-refractivity contribution is 0.408. The van der Waals surface area contributed by atoms with Crippen LogP contribution in [0.2, 0.25) is 10.0 Å². The van der Waals surface area contributed by atoms with E-state index in [2.05, 4.69) is 20.2 Å². The highest BCUT2D eigenvalue weighted by molar-refractivity contribution is 6.42. The van der Waals surface area contributed by atoms with Gasteiger partial charge in [-0.15, -0.1) is 5.10 Å². The molecular formula is C19H12Cl2N6O2. The monoisotopic (exact) mass is 426 g/mol. The van der Waals surface area contributed by atoms with Gasteiger partial charge in [-0.05, 0) is 30.3 Å². The summed E-state index contributed by atoms with van der Waals surface area (Å²) in [6, 6.07) is 10.2. The van der Waals surface area contributed by atoms with E-state index in [1.165, 1.54) is 13.2 Å². The molecule has 0 fully saturated rings. The summed E-state index contributed by atoms with van der Waals surface area (Å²) >= 11 is 12.1. The van der Waals surface area contributed by atoms with Crippen molar-refractivity contribution in [1.29, 1.82) is 0 Å². The van der Waals surface area contributed by atoms with Gasteiger partial charge in [0.25, 0.3) is 0 Å². The van der Waals surface area contributed by atoms with E-state index in [1.807, 2.05) is 0 Å². The first-order valence-corrected chi connectivity index (χ1v) is 9.22. The van der Waals surface area contributed by atoms with Crippen LogP contribution in [0.1, 0.15) is 0 Å². The maximum atomic E-state index is 10.3. The molecule has 29 heavy (non-hydrogen) atoms. The minimum atomic E-state index is 0.0240. The standard InChI is InChI=1S/C19H12Cl2N6O2/c1-29-11-3-4-12(16(28)7-11)17-24-19-13-8-23-27(18(13)22-9-26(19)25-17)10-2-5-14(20)15(21)6-10/h2-9,28H,1H3. The largest absolute Gasteiger partial charge is 0.507 e. The maximum absolute atomic E-state index is 10.3. The Labute approximate surface area is 173 Å². The second kappa shape index (κ2) is 6.61. The van der Waals surface area contributed by atoms with Crippen LogP contribution in [0.4, 0.5) is 0 Å². The number of phenols is 1. The molecule has 0 amide bonds. The van der Waals surface area contributed by atoms with Crippen LogP contribution in [-0.4, -0.2) is 41.6 Å². The minimum Gasteiger partial charge on any atom is -0.507 e. The van der Waals surface area contributed by atoms with Gasteiger partial charge in [-0.25, -0.2) is 19.2 Å². The second-order valence-corrected chi connectivity index (χ2v) is 7.04. The van der Waals surface area contributed by atoms with E-state index in [4.69, 9.17) is 27.9 Å². The first-order chi connectivity index (χ1) is 14.0. The van der Waals surface area contributed by atoms with Crippen LogP contribution < -0.4 is 4.74 Å². The normalized spacial score (nSPS) is 11.4. The first kappa shape index (κ1) is 17.7. The van der Waals surface area contributed by atoms with Gasteiger partial charge < -0.3 is 9.84 Å². The van der Waals surface area contributed by atoms with Crippen LogP contribution in [0.15, 0.2) is 48.9 Å². The molecule has 144 valence electrons. The molecule has 2 aromatic carbocycles. The summed E-state index contributed by atoms with van der Waals surface area (Å²) < 4.78 is 8.31. The van der Waals surface area contributed by atoms with Gasteiger partial charge in [-0.3, -0.25) is 0 Å². The zero-order valence-corrected chi connectivity index (χ0v) is 16.4. The number of hydrogen-bond donors (Lipinski definition) is 1. The molecule has 8 nitrogen and oxygen atoms in total. The Morgan fingerprint density at radius 2 is 1.90 bits per heavy atom.